The van der Waals surface area contributed by atoms with E-state index in [1.165, 1.54) is 0 Å². The fourth-order valence-corrected chi connectivity index (χ4v) is 2.59. The Morgan fingerprint density at radius 2 is 2.00 bits per heavy atom. The van der Waals surface area contributed by atoms with Crippen LogP contribution >= 0.6 is 0 Å². The Morgan fingerprint density at radius 3 is 2.67 bits per heavy atom. The van der Waals surface area contributed by atoms with E-state index in [2.05, 4.69) is 10.2 Å². The molecule has 0 saturated carbocycles. The number of carbonyl (C=O) groups is 1. The lowest BCUT2D eigenvalue weighted by atomic mass is 10.1. The topological polar surface area (TPSA) is 67.6 Å². The van der Waals surface area contributed by atoms with Crippen LogP contribution < -0.4 is 11.1 Å². The largest absolute Gasteiger partial charge is 0.380 e. The molecule has 1 aromatic carbocycles. The predicted octanol–water partition coefficient (Wildman–Crippen LogP) is 0.872. The van der Waals surface area contributed by atoms with Gasteiger partial charge in [-0.1, -0.05) is 24.3 Å². The zero-order valence-corrected chi connectivity index (χ0v) is 12.7. The highest BCUT2D eigenvalue weighted by Crippen LogP contribution is 2.10. The van der Waals surface area contributed by atoms with Crippen LogP contribution in [0.5, 0.6) is 0 Å². The van der Waals surface area contributed by atoms with Crippen LogP contribution in [0.15, 0.2) is 24.3 Å². The number of nitrogens with one attached hydrogen (secondary N) is 1. The standard InChI is InChI=1S/C16H25N3O2/c1-21-12-14-5-3-2-4-13(14)10-18-16(20)11-19-8-6-15(17)7-9-19/h2-5,15H,6-12,17H2,1H3,(H,18,20). The quantitative estimate of drug-likeness (QED) is 0.816. The van der Waals surface area contributed by atoms with Crippen molar-refractivity contribution in [3.63, 3.8) is 0 Å². The molecule has 1 amide bonds. The lowest BCUT2D eigenvalue weighted by molar-refractivity contribution is -0.122. The van der Waals surface area contributed by atoms with Crippen LogP contribution in [-0.4, -0.2) is 43.6 Å². The second-order valence-electron chi connectivity index (χ2n) is 5.59. The molecule has 3 N–H and O–H groups in total. The number of nitrogens with zero attached hydrogens (tertiary/aromatic N) is 1. The molecular weight excluding hydrogens is 266 g/mol. The Hall–Kier alpha value is -1.43. The van der Waals surface area contributed by atoms with Crippen molar-refractivity contribution in [3.05, 3.63) is 35.4 Å². The van der Waals surface area contributed by atoms with Crippen molar-refractivity contribution in [2.45, 2.75) is 32.0 Å². The van der Waals surface area contributed by atoms with Crippen molar-refractivity contribution in [2.24, 2.45) is 5.73 Å². The van der Waals surface area contributed by atoms with Gasteiger partial charge in [-0.3, -0.25) is 9.69 Å². The van der Waals surface area contributed by atoms with E-state index < -0.39 is 0 Å². The first-order valence-electron chi connectivity index (χ1n) is 7.49. The van der Waals surface area contributed by atoms with Crippen molar-refractivity contribution in [2.75, 3.05) is 26.7 Å². The summed E-state index contributed by atoms with van der Waals surface area (Å²) >= 11 is 0. The Balaban J connectivity index is 1.78. The predicted molar refractivity (Wildman–Crippen MR) is 82.7 cm³/mol. The molecule has 0 bridgehead atoms. The summed E-state index contributed by atoms with van der Waals surface area (Å²) in [6, 6.07) is 8.31. The maximum atomic E-state index is 12.0. The van der Waals surface area contributed by atoms with Gasteiger partial charge in [0.25, 0.3) is 0 Å². The van der Waals surface area contributed by atoms with Gasteiger partial charge in [0.1, 0.15) is 0 Å². The van der Waals surface area contributed by atoms with Crippen molar-refractivity contribution in [1.82, 2.24) is 10.2 Å². The van der Waals surface area contributed by atoms with Crippen LogP contribution in [0.4, 0.5) is 0 Å². The highest BCUT2D eigenvalue weighted by Gasteiger charge is 2.18. The molecule has 0 aromatic heterocycles. The summed E-state index contributed by atoms with van der Waals surface area (Å²) in [5.41, 5.74) is 8.09. The fraction of sp³-hybridized carbons (Fsp3) is 0.562. The molecule has 116 valence electrons. The number of hydrogen-bond acceptors (Lipinski definition) is 4. The number of ether oxygens (including phenoxy) is 1. The van der Waals surface area contributed by atoms with E-state index in [0.717, 1.165) is 37.1 Å². The van der Waals surface area contributed by atoms with E-state index in [1.54, 1.807) is 7.11 Å². The lowest BCUT2D eigenvalue weighted by Gasteiger charge is -2.29. The van der Waals surface area contributed by atoms with Gasteiger partial charge in [-0.25, -0.2) is 0 Å². The monoisotopic (exact) mass is 291 g/mol. The van der Waals surface area contributed by atoms with E-state index in [0.29, 0.717) is 25.7 Å². The molecule has 0 spiro atoms. The number of piperidine rings is 1. The van der Waals surface area contributed by atoms with E-state index in [1.807, 2.05) is 24.3 Å². The molecule has 1 saturated heterocycles. The second-order valence-corrected chi connectivity index (χ2v) is 5.59. The number of amides is 1. The summed E-state index contributed by atoms with van der Waals surface area (Å²) in [7, 11) is 1.68. The Morgan fingerprint density at radius 1 is 1.33 bits per heavy atom. The fourth-order valence-electron chi connectivity index (χ4n) is 2.59. The van der Waals surface area contributed by atoms with Crippen LogP contribution in [0.3, 0.4) is 0 Å². The maximum Gasteiger partial charge on any atom is 0.234 e. The van der Waals surface area contributed by atoms with Gasteiger partial charge in [-0.05, 0) is 24.0 Å². The van der Waals surface area contributed by atoms with Crippen LogP contribution in [0, 0.1) is 0 Å². The van der Waals surface area contributed by atoms with Gasteiger partial charge < -0.3 is 15.8 Å². The number of likely N-dealkylation sites (tertiary alicyclic amines) is 1. The van der Waals surface area contributed by atoms with Crippen molar-refractivity contribution in [1.29, 1.82) is 0 Å². The molecule has 0 radical (unpaired) electrons. The molecular formula is C16H25N3O2. The molecule has 1 aliphatic heterocycles. The van der Waals surface area contributed by atoms with Gasteiger partial charge in [0.2, 0.25) is 5.91 Å². The molecule has 0 atom stereocenters. The Bertz CT molecular complexity index is 457. The third-order valence-electron chi connectivity index (χ3n) is 3.89. The first-order chi connectivity index (χ1) is 10.2. The molecule has 1 fully saturated rings. The van der Waals surface area contributed by atoms with Crippen molar-refractivity contribution >= 4 is 5.91 Å². The Kier molecular flexibility index (Phi) is 6.17. The van der Waals surface area contributed by atoms with Gasteiger partial charge in [-0.2, -0.15) is 0 Å². The number of rotatable bonds is 6. The summed E-state index contributed by atoms with van der Waals surface area (Å²) in [6.45, 7) is 3.39. The maximum absolute atomic E-state index is 12.0. The molecule has 1 aromatic rings. The number of hydrogen-bond donors (Lipinski definition) is 2. The summed E-state index contributed by atoms with van der Waals surface area (Å²) in [5.74, 6) is 0.0673. The van der Waals surface area contributed by atoms with Crippen LogP contribution in [0.25, 0.3) is 0 Å². The minimum Gasteiger partial charge on any atom is -0.380 e. The first-order valence-corrected chi connectivity index (χ1v) is 7.49. The minimum absolute atomic E-state index is 0.0673. The Labute approximate surface area is 126 Å². The average Bonchev–Trinajstić information content (AvgIpc) is 2.49. The SMILES string of the molecule is COCc1ccccc1CNC(=O)CN1CCC(N)CC1. The molecule has 5 nitrogen and oxygen atoms in total. The van der Waals surface area contributed by atoms with Crippen molar-refractivity contribution < 1.29 is 9.53 Å². The number of nitrogens with two attached hydrogens (primary N) is 1. The van der Waals surface area contributed by atoms with E-state index in [4.69, 9.17) is 10.5 Å². The van der Waals surface area contributed by atoms with Crippen LogP contribution in [0.1, 0.15) is 24.0 Å². The normalized spacial score (nSPS) is 16.9. The number of carbonyl (C=O) groups excluding carboxylic acids is 1. The third-order valence-corrected chi connectivity index (χ3v) is 3.89. The highest BCUT2D eigenvalue weighted by atomic mass is 16.5. The molecule has 2 rings (SSSR count). The van der Waals surface area contributed by atoms with Crippen LogP contribution in [0.2, 0.25) is 0 Å². The summed E-state index contributed by atoms with van der Waals surface area (Å²) in [4.78, 5) is 14.2. The molecule has 0 aliphatic carbocycles. The molecule has 1 heterocycles. The lowest BCUT2D eigenvalue weighted by Crippen LogP contribution is -2.44. The third kappa shape index (κ3) is 5.12. The van der Waals surface area contributed by atoms with Gasteiger partial charge in [0, 0.05) is 32.8 Å². The molecule has 5 heteroatoms. The van der Waals surface area contributed by atoms with Gasteiger partial charge >= 0.3 is 0 Å². The van der Waals surface area contributed by atoms with E-state index >= 15 is 0 Å². The molecule has 21 heavy (non-hydrogen) atoms. The first kappa shape index (κ1) is 15.9. The van der Waals surface area contributed by atoms with E-state index in [9.17, 15) is 4.79 Å². The van der Waals surface area contributed by atoms with E-state index in [-0.39, 0.29) is 5.91 Å². The van der Waals surface area contributed by atoms with Gasteiger partial charge in [0.15, 0.2) is 0 Å². The smallest absolute Gasteiger partial charge is 0.234 e. The second kappa shape index (κ2) is 8.12. The summed E-state index contributed by atoms with van der Waals surface area (Å²) < 4.78 is 5.17. The minimum atomic E-state index is 0.0673. The summed E-state index contributed by atoms with van der Waals surface area (Å²) in [5, 5.41) is 2.99. The zero-order chi connectivity index (χ0) is 15.1. The molecule has 0 unspecified atom stereocenters. The zero-order valence-electron chi connectivity index (χ0n) is 12.7. The summed E-state index contributed by atoms with van der Waals surface area (Å²) in [6.07, 6.45) is 1.95. The number of benzene rings is 1. The molecule has 1 aliphatic rings. The van der Waals surface area contributed by atoms with Crippen molar-refractivity contribution in [3.8, 4) is 0 Å². The number of methoxy groups -OCH3 is 1. The van der Waals surface area contributed by atoms with Crippen LogP contribution in [-0.2, 0) is 22.7 Å². The van der Waals surface area contributed by atoms with Gasteiger partial charge in [0.05, 0.1) is 13.2 Å². The van der Waals surface area contributed by atoms with Gasteiger partial charge in [-0.15, -0.1) is 0 Å². The highest BCUT2D eigenvalue weighted by molar-refractivity contribution is 5.78. The average molecular weight is 291 g/mol.